The first kappa shape index (κ1) is 23.7. The Labute approximate surface area is 182 Å². The molecule has 0 spiro atoms. The number of ether oxygens (including phenoxy) is 4. The second-order valence-corrected chi connectivity index (χ2v) is 8.04. The Morgan fingerprint density at radius 1 is 1.17 bits per heavy atom. The molecule has 1 aromatic rings. The maximum atomic E-state index is 11.6. The lowest BCUT2D eigenvalue weighted by atomic mass is 10.1. The molecule has 0 aliphatic carbocycles. The summed E-state index contributed by atoms with van der Waals surface area (Å²) in [6.45, 7) is 6.57. The van der Waals surface area contributed by atoms with Gasteiger partial charge in [-0.25, -0.2) is 4.79 Å². The lowest BCUT2D eigenvalue weighted by molar-refractivity contribution is 0.0527. The Balaban J connectivity index is 1.94. The van der Waals surface area contributed by atoms with Crippen molar-refractivity contribution in [1.82, 2.24) is 5.32 Å². The molecule has 0 aromatic heterocycles. The van der Waals surface area contributed by atoms with Crippen molar-refractivity contribution < 1.29 is 23.7 Å². The first-order valence-corrected chi connectivity index (χ1v) is 10.2. The highest BCUT2D eigenvalue weighted by Crippen LogP contribution is 2.49. The van der Waals surface area contributed by atoms with Crippen LogP contribution in [0.25, 0.3) is 0 Å². The Morgan fingerprint density at radius 2 is 1.87 bits per heavy atom. The molecule has 1 heterocycles. The van der Waals surface area contributed by atoms with Crippen LogP contribution in [0, 0.1) is 0 Å². The van der Waals surface area contributed by atoms with E-state index in [9.17, 15) is 4.79 Å². The first-order valence-electron chi connectivity index (χ1n) is 9.72. The van der Waals surface area contributed by atoms with Gasteiger partial charge in [0.1, 0.15) is 17.1 Å². The molecule has 1 aliphatic rings. The summed E-state index contributed by atoms with van der Waals surface area (Å²) in [7, 11) is 4.66. The van der Waals surface area contributed by atoms with Gasteiger partial charge in [0.05, 0.1) is 27.0 Å². The number of hydrogen-bond acceptors (Lipinski definition) is 7. The van der Waals surface area contributed by atoms with Gasteiger partial charge in [-0.2, -0.15) is 0 Å². The van der Waals surface area contributed by atoms with E-state index in [1.54, 1.807) is 27.4 Å². The maximum Gasteiger partial charge on any atom is 0.407 e. The van der Waals surface area contributed by atoms with E-state index in [0.29, 0.717) is 41.9 Å². The van der Waals surface area contributed by atoms with Crippen LogP contribution >= 0.6 is 11.6 Å². The number of alkyl carbamates (subject to hydrolysis) is 1. The largest absolute Gasteiger partial charge is 0.493 e. The van der Waals surface area contributed by atoms with Gasteiger partial charge in [0.15, 0.2) is 17.0 Å². The van der Waals surface area contributed by atoms with Gasteiger partial charge in [-0.1, -0.05) is 11.6 Å². The van der Waals surface area contributed by atoms with E-state index in [0.717, 1.165) is 18.5 Å². The van der Waals surface area contributed by atoms with E-state index >= 15 is 0 Å². The molecular formula is C20H31ClN4O5. The van der Waals surface area contributed by atoms with Crippen LogP contribution in [0.2, 0.25) is 0 Å². The molecule has 1 aromatic carbocycles. The lowest BCUT2D eigenvalue weighted by Crippen LogP contribution is -2.35. The zero-order chi connectivity index (χ0) is 22.3. The van der Waals surface area contributed by atoms with Crippen molar-refractivity contribution in [2.75, 3.05) is 45.1 Å². The molecule has 1 aliphatic heterocycles. The number of fused-ring (bicyclic) bond motifs is 1. The average molecular weight is 443 g/mol. The van der Waals surface area contributed by atoms with E-state index < -0.39 is 17.2 Å². The second-order valence-electron chi connectivity index (χ2n) is 7.60. The summed E-state index contributed by atoms with van der Waals surface area (Å²) in [5, 5.41) is 9.15. The van der Waals surface area contributed by atoms with E-state index in [1.165, 1.54) is 0 Å². The summed E-state index contributed by atoms with van der Waals surface area (Å²) in [6.07, 6.45) is 1.14. The third kappa shape index (κ3) is 6.22. The van der Waals surface area contributed by atoms with Crippen molar-refractivity contribution in [3.63, 3.8) is 0 Å². The topological polar surface area (TPSA) is 102 Å². The molecule has 30 heavy (non-hydrogen) atoms. The van der Waals surface area contributed by atoms with Gasteiger partial charge in [0, 0.05) is 19.2 Å². The maximum absolute atomic E-state index is 11.6. The minimum atomic E-state index is -0.551. The highest BCUT2D eigenvalue weighted by atomic mass is 35.5. The smallest absolute Gasteiger partial charge is 0.407 e. The summed E-state index contributed by atoms with van der Waals surface area (Å²) in [5.41, 5.74) is 0.350. The Bertz CT molecular complexity index is 779. The molecule has 9 nitrogen and oxygen atoms in total. The van der Waals surface area contributed by atoms with Crippen molar-refractivity contribution in [1.29, 1.82) is 0 Å². The molecule has 0 saturated heterocycles. The summed E-state index contributed by atoms with van der Waals surface area (Å²) >= 11 is 6.45. The zero-order valence-electron chi connectivity index (χ0n) is 18.3. The van der Waals surface area contributed by atoms with Crippen LogP contribution < -0.4 is 30.2 Å². The van der Waals surface area contributed by atoms with Gasteiger partial charge in [-0.3, -0.25) is 4.99 Å². The standard InChI is InChI=1S/C20H31ClN4O5/c1-20(2,3)30-19(26)23-10-8-7-9-22-18-17(21)25-14-12(24-18)11-13(27-4)15(28-5)16(14)29-6/h11,17,25H,7-10H2,1-6H3,(H,22,24)(H,23,26). The molecule has 3 N–H and O–H groups in total. The van der Waals surface area contributed by atoms with Crippen LogP contribution in [0.5, 0.6) is 17.2 Å². The number of methoxy groups -OCH3 is 3. The molecule has 1 amide bonds. The summed E-state index contributed by atoms with van der Waals surface area (Å²) in [4.78, 5) is 16.2. The van der Waals surface area contributed by atoms with Crippen molar-refractivity contribution in [2.45, 2.75) is 44.7 Å². The minimum absolute atomic E-state index is 0.414. The monoisotopic (exact) mass is 442 g/mol. The number of anilines is 2. The van der Waals surface area contributed by atoms with Crippen molar-refractivity contribution in [3.05, 3.63) is 6.07 Å². The number of amidine groups is 1. The number of unbranched alkanes of at least 4 members (excludes halogenated alkanes) is 1. The average Bonchev–Trinajstić information content (AvgIpc) is 2.68. The fraction of sp³-hybridized carbons (Fsp3) is 0.600. The predicted octanol–water partition coefficient (Wildman–Crippen LogP) is 3.82. The molecule has 1 unspecified atom stereocenters. The highest BCUT2D eigenvalue weighted by Gasteiger charge is 2.28. The second kappa shape index (κ2) is 10.5. The van der Waals surface area contributed by atoms with Crippen molar-refractivity contribution in [2.24, 2.45) is 4.99 Å². The molecule has 168 valence electrons. The van der Waals surface area contributed by atoms with Crippen LogP contribution in [0.1, 0.15) is 33.6 Å². The van der Waals surface area contributed by atoms with Gasteiger partial charge in [-0.05, 0) is 33.6 Å². The number of nitrogens with one attached hydrogen (secondary N) is 3. The van der Waals surface area contributed by atoms with Crippen molar-refractivity contribution in [3.8, 4) is 17.2 Å². The number of carbonyl (C=O) groups excluding carboxylic acids is 1. The third-order valence-corrected chi connectivity index (χ3v) is 4.45. The van der Waals surface area contributed by atoms with Gasteiger partial charge in [-0.15, -0.1) is 0 Å². The Kier molecular flexibility index (Phi) is 8.28. The number of amides is 1. The van der Waals surface area contributed by atoms with Gasteiger partial charge in [0.2, 0.25) is 5.75 Å². The molecule has 0 saturated carbocycles. The molecule has 10 heteroatoms. The molecule has 1 atom stereocenters. The van der Waals surface area contributed by atoms with E-state index in [4.69, 9.17) is 30.5 Å². The fourth-order valence-electron chi connectivity index (χ4n) is 2.86. The Hall–Kier alpha value is -2.55. The summed E-state index contributed by atoms with van der Waals surface area (Å²) in [6, 6.07) is 1.80. The Morgan fingerprint density at radius 3 is 2.47 bits per heavy atom. The van der Waals surface area contributed by atoms with Crippen LogP contribution in [0.15, 0.2) is 11.1 Å². The number of rotatable bonds is 8. The quantitative estimate of drug-likeness (QED) is 0.319. The van der Waals surface area contributed by atoms with Crippen molar-refractivity contribution >= 4 is 34.9 Å². The van der Waals surface area contributed by atoms with E-state index in [-0.39, 0.29) is 0 Å². The minimum Gasteiger partial charge on any atom is -0.493 e. The number of halogens is 1. The SMILES string of the molecule is COc1cc2c(c(OC)c1OC)NC(Cl)C(=NCCCCNC(=O)OC(C)(C)C)N2. The molecule has 0 radical (unpaired) electrons. The van der Waals surface area contributed by atoms with Crippen LogP contribution in [-0.4, -0.2) is 57.4 Å². The molecular weight excluding hydrogens is 412 g/mol. The van der Waals surface area contributed by atoms with Crippen LogP contribution in [-0.2, 0) is 4.74 Å². The fourth-order valence-corrected chi connectivity index (χ4v) is 3.09. The first-order chi connectivity index (χ1) is 14.2. The normalized spacial score (nSPS) is 16.8. The number of aliphatic imine (C=N–C) groups is 1. The third-order valence-electron chi connectivity index (χ3n) is 4.14. The summed E-state index contributed by atoms with van der Waals surface area (Å²) < 4.78 is 21.5. The molecule has 2 rings (SSSR count). The zero-order valence-corrected chi connectivity index (χ0v) is 19.1. The molecule has 0 bridgehead atoms. The van der Waals surface area contributed by atoms with Gasteiger partial charge in [0.25, 0.3) is 0 Å². The number of benzene rings is 1. The van der Waals surface area contributed by atoms with Gasteiger partial charge >= 0.3 is 6.09 Å². The van der Waals surface area contributed by atoms with E-state index in [1.807, 2.05) is 20.8 Å². The number of alkyl halides is 1. The predicted molar refractivity (Wildman–Crippen MR) is 119 cm³/mol. The highest BCUT2D eigenvalue weighted by molar-refractivity contribution is 6.36. The summed E-state index contributed by atoms with van der Waals surface area (Å²) in [5.74, 6) is 2.11. The number of hydrogen-bond donors (Lipinski definition) is 3. The lowest BCUT2D eigenvalue weighted by Gasteiger charge is -2.29. The van der Waals surface area contributed by atoms with Crippen LogP contribution in [0.4, 0.5) is 16.2 Å². The number of nitrogens with zero attached hydrogens (tertiary/aromatic N) is 1. The number of carbonyl (C=O) groups is 1. The van der Waals surface area contributed by atoms with E-state index in [2.05, 4.69) is 20.9 Å². The van der Waals surface area contributed by atoms with Crippen LogP contribution in [0.3, 0.4) is 0 Å². The molecule has 0 fully saturated rings. The van der Waals surface area contributed by atoms with Gasteiger partial charge < -0.3 is 34.9 Å².